The van der Waals surface area contributed by atoms with Gasteiger partial charge in [0.1, 0.15) is 29.1 Å². The highest BCUT2D eigenvalue weighted by atomic mass is 19.1. The van der Waals surface area contributed by atoms with Crippen molar-refractivity contribution in [3.05, 3.63) is 69.5 Å². The van der Waals surface area contributed by atoms with Gasteiger partial charge in [-0.2, -0.15) is 5.26 Å². The summed E-state index contributed by atoms with van der Waals surface area (Å²) in [5, 5.41) is 8.86. The summed E-state index contributed by atoms with van der Waals surface area (Å²) < 4.78 is 42.1. The Hall–Kier alpha value is -2.28. The Balaban J connectivity index is 1.71. The normalized spacial score (nSPS) is 16.4. The third-order valence-corrected chi connectivity index (χ3v) is 5.18. The molecule has 0 aliphatic heterocycles. The second-order valence-corrected chi connectivity index (χ2v) is 6.72. The number of rotatable bonds is 4. The standard InChI is InChI=1S/C21H20F3N/c1-2-13-3-6-15(19(22)10-13)7-4-14-5-8-17-16(9-14)11-20(23)18(12-25)21(17)24/h3,6,10-11,14H,2,4-5,7-9H2,1H3. The predicted molar refractivity (Wildman–Crippen MR) is 90.7 cm³/mol. The van der Waals surface area contributed by atoms with Crippen molar-refractivity contribution in [2.24, 2.45) is 5.92 Å². The van der Waals surface area contributed by atoms with Gasteiger partial charge >= 0.3 is 0 Å². The molecule has 25 heavy (non-hydrogen) atoms. The molecule has 130 valence electrons. The van der Waals surface area contributed by atoms with Crippen molar-refractivity contribution in [1.82, 2.24) is 0 Å². The molecule has 1 unspecified atom stereocenters. The highest BCUT2D eigenvalue weighted by molar-refractivity contribution is 5.42. The second kappa shape index (κ2) is 7.31. The minimum Gasteiger partial charge on any atom is -0.207 e. The van der Waals surface area contributed by atoms with E-state index in [4.69, 9.17) is 5.26 Å². The van der Waals surface area contributed by atoms with Gasteiger partial charge in [-0.1, -0.05) is 19.1 Å². The minimum absolute atomic E-state index is 0.175. The zero-order chi connectivity index (χ0) is 18.0. The molecular formula is C21H20F3N. The van der Waals surface area contributed by atoms with E-state index in [1.165, 1.54) is 6.07 Å². The van der Waals surface area contributed by atoms with Crippen LogP contribution >= 0.6 is 0 Å². The highest BCUT2D eigenvalue weighted by Crippen LogP contribution is 2.32. The lowest BCUT2D eigenvalue weighted by Crippen LogP contribution is -2.18. The summed E-state index contributed by atoms with van der Waals surface area (Å²) in [4.78, 5) is 0. The summed E-state index contributed by atoms with van der Waals surface area (Å²) in [7, 11) is 0. The van der Waals surface area contributed by atoms with Crippen LogP contribution in [-0.4, -0.2) is 0 Å². The Morgan fingerprint density at radius 1 is 1.16 bits per heavy atom. The van der Waals surface area contributed by atoms with Crippen LogP contribution in [0.3, 0.4) is 0 Å². The summed E-state index contributed by atoms with van der Waals surface area (Å²) in [6.45, 7) is 1.99. The topological polar surface area (TPSA) is 23.8 Å². The minimum atomic E-state index is -0.791. The molecule has 0 radical (unpaired) electrons. The average molecular weight is 343 g/mol. The Bertz CT molecular complexity index is 836. The van der Waals surface area contributed by atoms with Crippen LogP contribution < -0.4 is 0 Å². The first-order chi connectivity index (χ1) is 12.0. The maximum absolute atomic E-state index is 14.2. The van der Waals surface area contributed by atoms with Crippen molar-refractivity contribution in [3.8, 4) is 6.07 Å². The molecule has 4 heteroatoms. The van der Waals surface area contributed by atoms with Gasteiger partial charge < -0.3 is 0 Å². The van der Waals surface area contributed by atoms with Gasteiger partial charge in [0.15, 0.2) is 0 Å². The molecule has 2 aromatic rings. The summed E-state index contributed by atoms with van der Waals surface area (Å²) in [5.74, 6) is -1.41. The third kappa shape index (κ3) is 3.56. The number of halogens is 3. The molecule has 0 fully saturated rings. The zero-order valence-electron chi connectivity index (χ0n) is 14.2. The van der Waals surface area contributed by atoms with Gasteiger partial charge in [-0.15, -0.1) is 0 Å². The lowest BCUT2D eigenvalue weighted by atomic mass is 9.80. The van der Waals surface area contributed by atoms with Gasteiger partial charge in [-0.05, 0) is 78.8 Å². The van der Waals surface area contributed by atoms with Gasteiger partial charge in [-0.25, -0.2) is 13.2 Å². The van der Waals surface area contributed by atoms with Crippen LogP contribution in [0.15, 0.2) is 24.3 Å². The number of fused-ring (bicyclic) bond motifs is 1. The first-order valence-corrected chi connectivity index (χ1v) is 8.70. The zero-order valence-corrected chi connectivity index (χ0v) is 14.2. The molecule has 1 nitrogen and oxygen atoms in total. The maximum atomic E-state index is 14.2. The van der Waals surface area contributed by atoms with E-state index >= 15 is 0 Å². The maximum Gasteiger partial charge on any atom is 0.147 e. The smallest absolute Gasteiger partial charge is 0.147 e. The van der Waals surface area contributed by atoms with Crippen molar-refractivity contribution in [2.75, 3.05) is 0 Å². The SMILES string of the molecule is CCc1ccc(CCC2CCc3c(cc(F)c(C#N)c3F)C2)c(F)c1. The van der Waals surface area contributed by atoms with Crippen LogP contribution in [0.1, 0.15) is 47.6 Å². The van der Waals surface area contributed by atoms with Gasteiger partial charge in [-0.3, -0.25) is 0 Å². The molecule has 0 saturated carbocycles. The van der Waals surface area contributed by atoms with Crippen LogP contribution in [0.5, 0.6) is 0 Å². The summed E-state index contributed by atoms with van der Waals surface area (Å²) >= 11 is 0. The van der Waals surface area contributed by atoms with E-state index in [0.717, 1.165) is 24.8 Å². The van der Waals surface area contributed by atoms with Gasteiger partial charge in [0, 0.05) is 0 Å². The average Bonchev–Trinajstić information content (AvgIpc) is 2.60. The number of hydrogen-bond acceptors (Lipinski definition) is 1. The fourth-order valence-corrected chi connectivity index (χ4v) is 3.64. The molecule has 1 aliphatic carbocycles. The van der Waals surface area contributed by atoms with Crippen LogP contribution in [0.25, 0.3) is 0 Å². The molecule has 1 aliphatic rings. The Morgan fingerprint density at radius 2 is 1.96 bits per heavy atom. The highest BCUT2D eigenvalue weighted by Gasteiger charge is 2.25. The van der Waals surface area contributed by atoms with Crippen LogP contribution in [0, 0.1) is 34.7 Å². The van der Waals surface area contributed by atoms with E-state index in [1.54, 1.807) is 12.1 Å². The molecule has 0 amide bonds. The molecular weight excluding hydrogens is 323 g/mol. The first-order valence-electron chi connectivity index (χ1n) is 8.70. The fraction of sp³-hybridized carbons (Fsp3) is 0.381. The lowest BCUT2D eigenvalue weighted by Gasteiger charge is -2.25. The Morgan fingerprint density at radius 3 is 2.64 bits per heavy atom. The van der Waals surface area contributed by atoms with Crippen molar-refractivity contribution in [2.45, 2.75) is 45.4 Å². The number of hydrogen-bond donors (Lipinski definition) is 0. The van der Waals surface area contributed by atoms with Crippen molar-refractivity contribution < 1.29 is 13.2 Å². The van der Waals surface area contributed by atoms with Gasteiger partial charge in [0.2, 0.25) is 0 Å². The Kier molecular flexibility index (Phi) is 5.13. The van der Waals surface area contributed by atoms with Crippen molar-refractivity contribution in [3.63, 3.8) is 0 Å². The van der Waals surface area contributed by atoms with Crippen LogP contribution in [0.2, 0.25) is 0 Å². The Labute approximate surface area is 146 Å². The molecule has 2 aromatic carbocycles. The molecule has 0 spiro atoms. The quantitative estimate of drug-likeness (QED) is 0.741. The summed E-state index contributed by atoms with van der Waals surface area (Å²) in [6.07, 6.45) is 4.05. The van der Waals surface area contributed by atoms with Crippen LogP contribution in [-0.2, 0) is 25.7 Å². The summed E-state index contributed by atoms with van der Waals surface area (Å²) in [5.41, 5.74) is 2.29. The van der Waals surface area contributed by atoms with Gasteiger partial charge in [0.05, 0.1) is 0 Å². The number of benzene rings is 2. The number of aryl methyl sites for hydroxylation is 2. The van der Waals surface area contributed by atoms with E-state index < -0.39 is 17.2 Å². The van der Waals surface area contributed by atoms with Crippen molar-refractivity contribution >= 4 is 0 Å². The first kappa shape index (κ1) is 17.5. The largest absolute Gasteiger partial charge is 0.207 e. The van der Waals surface area contributed by atoms with E-state index in [9.17, 15) is 13.2 Å². The molecule has 1 atom stereocenters. The van der Waals surface area contributed by atoms with E-state index in [1.807, 2.05) is 19.1 Å². The van der Waals surface area contributed by atoms with Crippen LogP contribution in [0.4, 0.5) is 13.2 Å². The summed E-state index contributed by atoms with van der Waals surface area (Å²) in [6, 6.07) is 8.25. The lowest BCUT2D eigenvalue weighted by molar-refractivity contribution is 0.412. The molecule has 0 saturated heterocycles. The molecule has 0 N–H and O–H groups in total. The number of nitriles is 1. The predicted octanol–water partition coefficient (Wildman–Crippen LogP) is 5.28. The fourth-order valence-electron chi connectivity index (χ4n) is 3.64. The third-order valence-electron chi connectivity index (χ3n) is 5.18. The molecule has 3 rings (SSSR count). The van der Waals surface area contributed by atoms with Gasteiger partial charge in [0.25, 0.3) is 0 Å². The molecule has 0 heterocycles. The molecule has 0 bridgehead atoms. The van der Waals surface area contributed by atoms with Crippen molar-refractivity contribution in [1.29, 1.82) is 5.26 Å². The molecule has 0 aromatic heterocycles. The van der Waals surface area contributed by atoms with E-state index in [0.29, 0.717) is 36.0 Å². The monoisotopic (exact) mass is 343 g/mol. The van der Waals surface area contributed by atoms with E-state index in [2.05, 4.69) is 0 Å². The number of nitrogens with zero attached hydrogens (tertiary/aromatic N) is 1. The van der Waals surface area contributed by atoms with E-state index in [-0.39, 0.29) is 11.7 Å². The second-order valence-electron chi connectivity index (χ2n) is 6.72.